The summed E-state index contributed by atoms with van der Waals surface area (Å²) in [5, 5.41) is 11.2. The molecule has 0 aliphatic heterocycles. The highest BCUT2D eigenvalue weighted by Gasteiger charge is 2.03. The van der Waals surface area contributed by atoms with Crippen molar-refractivity contribution in [1.82, 2.24) is 0 Å². The first-order chi connectivity index (χ1) is 9.11. The molecule has 0 radical (unpaired) electrons. The average molecular weight is 267 g/mol. The molecule has 1 amide bonds. The summed E-state index contributed by atoms with van der Waals surface area (Å²) in [6.07, 6.45) is 0.297. The summed E-state index contributed by atoms with van der Waals surface area (Å²) in [5.74, 6) is -0.726. The van der Waals surface area contributed by atoms with Gasteiger partial charge in [0.15, 0.2) is 6.61 Å². The lowest BCUT2D eigenvalue weighted by molar-refractivity contribution is -0.139. The van der Waals surface area contributed by atoms with Gasteiger partial charge in [-0.2, -0.15) is 0 Å². The summed E-state index contributed by atoms with van der Waals surface area (Å²) in [5.41, 5.74) is 0.629. The lowest BCUT2D eigenvalue weighted by Gasteiger charge is -2.07. The number of hydrogen-bond acceptors (Lipinski definition) is 4. The topological polar surface area (TPSA) is 84.9 Å². The summed E-state index contributed by atoms with van der Waals surface area (Å²) < 4.78 is 10.1. The van der Waals surface area contributed by atoms with Gasteiger partial charge in [-0.05, 0) is 31.2 Å². The van der Waals surface area contributed by atoms with Crippen molar-refractivity contribution in [3.8, 4) is 5.75 Å². The monoisotopic (exact) mass is 267 g/mol. The number of ether oxygens (including phenoxy) is 2. The number of carbonyl (C=O) groups excluding carboxylic acids is 1. The summed E-state index contributed by atoms with van der Waals surface area (Å²) in [6, 6.07) is 6.49. The maximum absolute atomic E-state index is 11.5. The second-order valence-electron chi connectivity index (χ2n) is 3.70. The van der Waals surface area contributed by atoms with Gasteiger partial charge in [0, 0.05) is 12.3 Å². The number of anilines is 1. The molecule has 0 heterocycles. The first-order valence-electron chi connectivity index (χ1n) is 5.94. The first kappa shape index (κ1) is 15.0. The van der Waals surface area contributed by atoms with Gasteiger partial charge < -0.3 is 19.9 Å². The number of amides is 1. The molecule has 0 saturated heterocycles. The summed E-state index contributed by atoms with van der Waals surface area (Å²) in [7, 11) is 0. The summed E-state index contributed by atoms with van der Waals surface area (Å²) in [6.45, 7) is 2.46. The molecule has 0 aliphatic carbocycles. The van der Waals surface area contributed by atoms with Crippen LogP contribution < -0.4 is 10.1 Å². The van der Waals surface area contributed by atoms with Crippen molar-refractivity contribution in [1.29, 1.82) is 0 Å². The van der Waals surface area contributed by atoms with Crippen LogP contribution in [0.25, 0.3) is 0 Å². The lowest BCUT2D eigenvalue weighted by Crippen LogP contribution is -2.14. The third kappa shape index (κ3) is 6.42. The van der Waals surface area contributed by atoms with Crippen LogP contribution >= 0.6 is 0 Å². The first-order valence-corrected chi connectivity index (χ1v) is 5.94. The molecule has 19 heavy (non-hydrogen) atoms. The molecule has 1 aromatic rings. The molecule has 0 aliphatic rings. The second-order valence-corrected chi connectivity index (χ2v) is 3.70. The fourth-order valence-corrected chi connectivity index (χ4v) is 1.31. The maximum Gasteiger partial charge on any atom is 0.341 e. The Hall–Kier alpha value is -2.08. The van der Waals surface area contributed by atoms with Crippen LogP contribution in [0.3, 0.4) is 0 Å². The van der Waals surface area contributed by atoms with Gasteiger partial charge in [-0.3, -0.25) is 4.79 Å². The van der Waals surface area contributed by atoms with Gasteiger partial charge in [0.05, 0.1) is 13.0 Å². The van der Waals surface area contributed by atoms with Crippen LogP contribution in [0.4, 0.5) is 5.69 Å². The number of carboxylic acids is 1. The quantitative estimate of drug-likeness (QED) is 0.697. The molecule has 0 bridgehead atoms. The van der Waals surface area contributed by atoms with E-state index in [4.69, 9.17) is 14.6 Å². The van der Waals surface area contributed by atoms with Crippen LogP contribution in [0.5, 0.6) is 5.75 Å². The lowest BCUT2D eigenvalue weighted by atomic mass is 10.3. The highest BCUT2D eigenvalue weighted by Crippen LogP contribution is 2.15. The zero-order valence-corrected chi connectivity index (χ0v) is 10.7. The number of nitrogens with one attached hydrogen (secondary N) is 1. The van der Waals surface area contributed by atoms with Gasteiger partial charge in [0.2, 0.25) is 5.91 Å². The van der Waals surface area contributed by atoms with Gasteiger partial charge in [-0.15, -0.1) is 0 Å². The van der Waals surface area contributed by atoms with Gasteiger partial charge in [0.1, 0.15) is 5.75 Å². The Morgan fingerprint density at radius 2 is 1.95 bits per heavy atom. The molecule has 6 nitrogen and oxygen atoms in total. The minimum absolute atomic E-state index is 0.132. The normalized spacial score (nSPS) is 9.95. The summed E-state index contributed by atoms with van der Waals surface area (Å²) >= 11 is 0. The third-order valence-electron chi connectivity index (χ3n) is 2.18. The van der Waals surface area contributed by atoms with Crippen LogP contribution in [0.2, 0.25) is 0 Å². The molecule has 1 rings (SSSR count). The standard InChI is InChI=1S/C13H17NO5/c1-2-18-8-7-12(15)14-10-3-5-11(6-4-10)19-9-13(16)17/h3-6H,2,7-9H2,1H3,(H,14,15)(H,16,17). The third-order valence-corrected chi connectivity index (χ3v) is 2.18. The molecular formula is C13H17NO5. The van der Waals surface area contributed by atoms with E-state index in [1.165, 1.54) is 0 Å². The molecule has 2 N–H and O–H groups in total. The van der Waals surface area contributed by atoms with E-state index in [0.717, 1.165) is 0 Å². The van der Waals surface area contributed by atoms with Crippen molar-refractivity contribution in [2.24, 2.45) is 0 Å². The summed E-state index contributed by atoms with van der Waals surface area (Å²) in [4.78, 5) is 21.8. The number of aliphatic carboxylic acids is 1. The average Bonchev–Trinajstić information content (AvgIpc) is 2.38. The smallest absolute Gasteiger partial charge is 0.341 e. The van der Waals surface area contributed by atoms with Gasteiger partial charge >= 0.3 is 5.97 Å². The van der Waals surface area contributed by atoms with Crippen molar-refractivity contribution in [2.45, 2.75) is 13.3 Å². The van der Waals surface area contributed by atoms with E-state index in [2.05, 4.69) is 5.32 Å². The van der Waals surface area contributed by atoms with E-state index in [0.29, 0.717) is 31.1 Å². The van der Waals surface area contributed by atoms with Crippen LogP contribution in [0.1, 0.15) is 13.3 Å². The molecule has 104 valence electrons. The van der Waals surface area contributed by atoms with E-state index in [1.54, 1.807) is 24.3 Å². The minimum Gasteiger partial charge on any atom is -0.482 e. The van der Waals surface area contributed by atoms with Gasteiger partial charge in [-0.25, -0.2) is 4.79 Å². The van der Waals surface area contributed by atoms with E-state index >= 15 is 0 Å². The molecule has 6 heteroatoms. The number of rotatable bonds is 8. The molecule has 0 saturated carbocycles. The molecule has 0 aromatic heterocycles. The highest BCUT2D eigenvalue weighted by atomic mass is 16.5. The Balaban J connectivity index is 2.39. The molecule has 0 spiro atoms. The van der Waals surface area contributed by atoms with Crippen LogP contribution in [0.15, 0.2) is 24.3 Å². The van der Waals surface area contributed by atoms with Crippen molar-refractivity contribution in [3.63, 3.8) is 0 Å². The predicted molar refractivity (Wildman–Crippen MR) is 69.3 cm³/mol. The van der Waals surface area contributed by atoms with Gasteiger partial charge in [-0.1, -0.05) is 0 Å². The Morgan fingerprint density at radius 1 is 1.26 bits per heavy atom. The number of benzene rings is 1. The fraction of sp³-hybridized carbons (Fsp3) is 0.385. The Labute approximate surface area is 111 Å². The van der Waals surface area contributed by atoms with Crippen LogP contribution in [-0.4, -0.2) is 36.8 Å². The maximum atomic E-state index is 11.5. The van der Waals surface area contributed by atoms with Crippen molar-refractivity contribution in [2.75, 3.05) is 25.1 Å². The molecule has 0 unspecified atom stereocenters. The Morgan fingerprint density at radius 3 is 2.53 bits per heavy atom. The van der Waals surface area contributed by atoms with E-state index in [1.807, 2.05) is 6.92 Å². The van der Waals surface area contributed by atoms with Crippen molar-refractivity contribution in [3.05, 3.63) is 24.3 Å². The van der Waals surface area contributed by atoms with E-state index < -0.39 is 5.97 Å². The van der Waals surface area contributed by atoms with E-state index in [-0.39, 0.29) is 12.5 Å². The van der Waals surface area contributed by atoms with Crippen molar-refractivity contribution >= 4 is 17.6 Å². The second kappa shape index (κ2) is 8.10. The molecule has 0 atom stereocenters. The van der Waals surface area contributed by atoms with Crippen LogP contribution in [0, 0.1) is 0 Å². The van der Waals surface area contributed by atoms with Crippen molar-refractivity contribution < 1.29 is 24.2 Å². The zero-order chi connectivity index (χ0) is 14.1. The minimum atomic E-state index is -1.03. The Bertz CT molecular complexity index is 416. The fourth-order valence-electron chi connectivity index (χ4n) is 1.31. The van der Waals surface area contributed by atoms with Gasteiger partial charge in [0.25, 0.3) is 0 Å². The zero-order valence-electron chi connectivity index (χ0n) is 10.7. The molecule has 1 aromatic carbocycles. The number of carboxylic acid groups (broad SMARTS) is 1. The molecular weight excluding hydrogens is 250 g/mol. The number of carbonyl (C=O) groups is 2. The SMILES string of the molecule is CCOCCC(=O)Nc1ccc(OCC(=O)O)cc1. The predicted octanol–water partition coefficient (Wildman–Crippen LogP) is 1.52. The van der Waals surface area contributed by atoms with E-state index in [9.17, 15) is 9.59 Å². The Kier molecular flexibility index (Phi) is 6.38. The largest absolute Gasteiger partial charge is 0.482 e. The highest BCUT2D eigenvalue weighted by molar-refractivity contribution is 5.90. The number of hydrogen-bond donors (Lipinski definition) is 2. The molecule has 0 fully saturated rings. The van der Waals surface area contributed by atoms with Crippen LogP contribution in [-0.2, 0) is 14.3 Å².